The third-order valence-corrected chi connectivity index (χ3v) is 5.41. The maximum Gasteiger partial charge on any atom is 0.453 e. The summed E-state index contributed by atoms with van der Waals surface area (Å²) in [6.07, 6.45) is -2.40. The van der Waals surface area contributed by atoms with E-state index in [1.54, 1.807) is 24.4 Å². The van der Waals surface area contributed by atoms with Crippen LogP contribution in [0, 0.1) is 0 Å². The molecule has 1 aliphatic carbocycles. The quantitative estimate of drug-likeness (QED) is 0.687. The Kier molecular flexibility index (Phi) is 4.19. The summed E-state index contributed by atoms with van der Waals surface area (Å²) in [5.41, 5.74) is 2.42. The lowest BCUT2D eigenvalue weighted by Crippen LogP contribution is -2.34. The van der Waals surface area contributed by atoms with Gasteiger partial charge in [0, 0.05) is 23.9 Å². The van der Waals surface area contributed by atoms with Crippen molar-refractivity contribution in [3.8, 4) is 0 Å². The number of rotatable bonds is 2. The molecule has 9 heteroatoms. The molecule has 2 unspecified atom stereocenters. The Labute approximate surface area is 169 Å². The number of fused-ring (bicyclic) bond motifs is 1. The first-order valence-corrected chi connectivity index (χ1v) is 9.44. The molecule has 5 rings (SSSR count). The number of allylic oxidation sites excluding steroid dienone is 2. The molecule has 6 nitrogen and oxygen atoms in total. The molecule has 1 aromatic carbocycles. The molecular weight excluding hydrogens is 395 g/mol. The van der Waals surface area contributed by atoms with Crippen LogP contribution in [0.3, 0.4) is 0 Å². The molecule has 2 atom stereocenters. The fraction of sp³-hybridized carbons (Fsp3) is 0.238. The van der Waals surface area contributed by atoms with Gasteiger partial charge in [0.25, 0.3) is 5.82 Å². The number of carbonyl (C=O) groups excluding carboxylic acids is 1. The van der Waals surface area contributed by atoms with E-state index in [0.717, 1.165) is 10.2 Å². The number of pyridine rings is 1. The van der Waals surface area contributed by atoms with Crippen LogP contribution in [0.25, 0.3) is 0 Å². The zero-order chi connectivity index (χ0) is 20.9. The Bertz CT molecular complexity index is 1140. The number of hydrogen-bond donors (Lipinski definition) is 1. The third-order valence-electron chi connectivity index (χ3n) is 5.41. The minimum absolute atomic E-state index is 0.0433. The van der Waals surface area contributed by atoms with E-state index in [0.29, 0.717) is 23.4 Å². The largest absolute Gasteiger partial charge is 0.453 e. The number of Topliss-reactive ketones (excluding diaryl/α,β-unsaturated/α-hetero) is 1. The van der Waals surface area contributed by atoms with Gasteiger partial charge in [-0.15, -0.1) is 5.10 Å². The van der Waals surface area contributed by atoms with Gasteiger partial charge in [-0.05, 0) is 30.0 Å². The minimum atomic E-state index is -4.70. The predicted octanol–water partition coefficient (Wildman–Crippen LogP) is 4.11. The summed E-state index contributed by atoms with van der Waals surface area (Å²) in [7, 11) is 0. The van der Waals surface area contributed by atoms with Crippen molar-refractivity contribution in [3.05, 3.63) is 83.1 Å². The van der Waals surface area contributed by atoms with Crippen molar-refractivity contribution in [1.29, 1.82) is 0 Å². The van der Waals surface area contributed by atoms with Gasteiger partial charge in [0.1, 0.15) is 6.04 Å². The van der Waals surface area contributed by atoms with Gasteiger partial charge in [-0.3, -0.25) is 9.78 Å². The zero-order valence-electron chi connectivity index (χ0n) is 15.6. The predicted molar refractivity (Wildman–Crippen MR) is 101 cm³/mol. The Morgan fingerprint density at radius 1 is 1.03 bits per heavy atom. The van der Waals surface area contributed by atoms with Gasteiger partial charge < -0.3 is 5.32 Å². The van der Waals surface area contributed by atoms with E-state index in [-0.39, 0.29) is 24.1 Å². The van der Waals surface area contributed by atoms with E-state index in [1.165, 1.54) is 0 Å². The standard InChI is InChI=1S/C21H16F3N5O/c22-21(23,24)19-27-20-26-15-10-13(12-6-2-1-3-7-12)11-16(30)17(15)18(29(20)28-19)14-8-4-5-9-25-14/h1-9,13,18H,10-11H2,(H,26,27,28). The highest BCUT2D eigenvalue weighted by atomic mass is 19.4. The van der Waals surface area contributed by atoms with Crippen LogP contribution in [-0.4, -0.2) is 25.5 Å². The summed E-state index contributed by atoms with van der Waals surface area (Å²) in [5.74, 6) is -1.50. The molecule has 1 N–H and O–H groups in total. The molecule has 0 spiro atoms. The number of aromatic nitrogens is 4. The SMILES string of the molecule is O=C1CC(c2ccccc2)CC2=C1C(c1ccccn1)n1nc(C(F)(F)F)nc1N2. The number of hydrogen-bond acceptors (Lipinski definition) is 5. The molecule has 0 radical (unpaired) electrons. The lowest BCUT2D eigenvalue weighted by atomic mass is 9.78. The molecule has 0 saturated carbocycles. The monoisotopic (exact) mass is 411 g/mol. The Morgan fingerprint density at radius 3 is 2.50 bits per heavy atom. The molecule has 0 bridgehead atoms. The Hall–Kier alpha value is -3.49. The van der Waals surface area contributed by atoms with E-state index in [9.17, 15) is 18.0 Å². The molecule has 1 aliphatic heterocycles. The van der Waals surface area contributed by atoms with Crippen molar-refractivity contribution >= 4 is 11.7 Å². The van der Waals surface area contributed by atoms with Crippen molar-refractivity contribution in [3.63, 3.8) is 0 Å². The number of halogens is 3. The van der Waals surface area contributed by atoms with Crippen LogP contribution >= 0.6 is 0 Å². The number of ketones is 1. The van der Waals surface area contributed by atoms with Gasteiger partial charge in [-0.25, -0.2) is 4.68 Å². The van der Waals surface area contributed by atoms with E-state index in [4.69, 9.17) is 0 Å². The second-order valence-corrected chi connectivity index (χ2v) is 7.31. The highest BCUT2D eigenvalue weighted by Crippen LogP contribution is 2.44. The third kappa shape index (κ3) is 3.06. The van der Waals surface area contributed by atoms with E-state index in [2.05, 4.69) is 20.4 Å². The van der Waals surface area contributed by atoms with Gasteiger partial charge in [0.05, 0.1) is 5.69 Å². The molecule has 3 aromatic rings. The van der Waals surface area contributed by atoms with Crippen LogP contribution < -0.4 is 5.32 Å². The molecule has 152 valence electrons. The Morgan fingerprint density at radius 2 is 1.80 bits per heavy atom. The molecule has 0 fully saturated rings. The summed E-state index contributed by atoms with van der Waals surface area (Å²) >= 11 is 0. The fourth-order valence-corrected chi connectivity index (χ4v) is 4.10. The van der Waals surface area contributed by atoms with Gasteiger partial charge >= 0.3 is 6.18 Å². The summed E-state index contributed by atoms with van der Waals surface area (Å²) < 4.78 is 40.9. The van der Waals surface area contributed by atoms with Crippen molar-refractivity contribution in [1.82, 2.24) is 19.7 Å². The van der Waals surface area contributed by atoms with Crippen molar-refractivity contribution < 1.29 is 18.0 Å². The van der Waals surface area contributed by atoms with Crippen LogP contribution in [0.5, 0.6) is 0 Å². The maximum atomic E-state index is 13.3. The zero-order valence-corrected chi connectivity index (χ0v) is 15.6. The maximum absolute atomic E-state index is 13.3. The van der Waals surface area contributed by atoms with E-state index in [1.807, 2.05) is 30.3 Å². The van der Waals surface area contributed by atoms with Gasteiger partial charge in [0.15, 0.2) is 5.78 Å². The lowest BCUT2D eigenvalue weighted by molar-refractivity contribution is -0.145. The number of nitrogens with zero attached hydrogens (tertiary/aromatic N) is 4. The number of anilines is 1. The first kappa shape index (κ1) is 18.5. The van der Waals surface area contributed by atoms with Gasteiger partial charge in [-0.1, -0.05) is 36.4 Å². The second kappa shape index (κ2) is 6.79. The molecule has 30 heavy (non-hydrogen) atoms. The van der Waals surface area contributed by atoms with Crippen molar-refractivity contribution in [2.75, 3.05) is 5.32 Å². The smallest absolute Gasteiger partial charge is 0.328 e. The minimum Gasteiger partial charge on any atom is -0.328 e. The normalized spacial score (nSPS) is 21.1. The average molecular weight is 411 g/mol. The fourth-order valence-electron chi connectivity index (χ4n) is 4.10. The highest BCUT2D eigenvalue weighted by Gasteiger charge is 2.43. The number of alkyl halides is 3. The topological polar surface area (TPSA) is 72.7 Å². The summed E-state index contributed by atoms with van der Waals surface area (Å²) in [4.78, 5) is 21.1. The van der Waals surface area contributed by atoms with Gasteiger partial charge in [-0.2, -0.15) is 18.2 Å². The average Bonchev–Trinajstić information content (AvgIpc) is 3.17. The van der Waals surface area contributed by atoms with E-state index < -0.39 is 18.0 Å². The molecule has 3 heterocycles. The first-order chi connectivity index (χ1) is 14.4. The van der Waals surface area contributed by atoms with Crippen LogP contribution in [0.2, 0.25) is 0 Å². The first-order valence-electron chi connectivity index (χ1n) is 9.44. The van der Waals surface area contributed by atoms with Crippen molar-refractivity contribution in [2.24, 2.45) is 0 Å². The van der Waals surface area contributed by atoms with Crippen LogP contribution in [0.15, 0.2) is 66.0 Å². The molecule has 0 saturated heterocycles. The number of nitrogens with one attached hydrogen (secondary N) is 1. The van der Waals surface area contributed by atoms with Crippen LogP contribution in [-0.2, 0) is 11.0 Å². The van der Waals surface area contributed by atoms with Gasteiger partial charge in [0.2, 0.25) is 5.95 Å². The second-order valence-electron chi connectivity index (χ2n) is 7.31. The number of benzene rings is 1. The summed E-state index contributed by atoms with van der Waals surface area (Å²) in [5, 5.41) is 6.62. The Balaban J connectivity index is 1.63. The lowest BCUT2D eigenvalue weighted by Gasteiger charge is -2.34. The molecule has 0 amide bonds. The van der Waals surface area contributed by atoms with Crippen LogP contribution in [0.1, 0.15) is 41.9 Å². The van der Waals surface area contributed by atoms with Crippen LogP contribution in [0.4, 0.5) is 19.1 Å². The van der Waals surface area contributed by atoms with Crippen molar-refractivity contribution in [2.45, 2.75) is 31.0 Å². The molecule has 2 aliphatic rings. The van der Waals surface area contributed by atoms with E-state index >= 15 is 0 Å². The molecule has 2 aromatic heterocycles. The number of carbonyl (C=O) groups is 1. The highest BCUT2D eigenvalue weighted by molar-refractivity contribution is 6.00. The molecular formula is C21H16F3N5O. The summed E-state index contributed by atoms with van der Waals surface area (Å²) in [6.45, 7) is 0. The summed E-state index contributed by atoms with van der Waals surface area (Å²) in [6, 6.07) is 13.9.